The number of nitrogens with zero attached hydrogens (tertiary/aromatic N) is 3. The molecule has 7 nitrogen and oxygen atoms in total. The summed E-state index contributed by atoms with van der Waals surface area (Å²) >= 11 is 11.5. The molecule has 0 saturated carbocycles. The van der Waals surface area contributed by atoms with Gasteiger partial charge in [-0.3, -0.25) is 4.79 Å². The topological polar surface area (TPSA) is 81.1 Å². The lowest BCUT2D eigenvalue weighted by Gasteiger charge is -2.30. The molecule has 1 atom stereocenters. The van der Waals surface area contributed by atoms with Crippen LogP contribution in [0, 0.1) is 6.92 Å². The van der Waals surface area contributed by atoms with Crippen molar-refractivity contribution in [2.75, 3.05) is 17.2 Å². The molecular formula is C31H31BrClN5O2S. The van der Waals surface area contributed by atoms with Gasteiger partial charge in [0.15, 0.2) is 0 Å². The van der Waals surface area contributed by atoms with Gasteiger partial charge in [0.05, 0.1) is 12.2 Å². The van der Waals surface area contributed by atoms with Crippen LogP contribution in [-0.4, -0.2) is 27.3 Å². The van der Waals surface area contributed by atoms with Crippen molar-refractivity contribution in [2.24, 2.45) is 0 Å². The number of fused-ring (bicyclic) bond motifs is 1. The number of aromatic nitrogens is 3. The molecule has 1 aromatic heterocycles. The minimum Gasteiger partial charge on any atom is -0.493 e. The van der Waals surface area contributed by atoms with Crippen molar-refractivity contribution in [3.05, 3.63) is 104 Å². The molecule has 2 heterocycles. The monoisotopic (exact) mass is 651 g/mol. The third-order valence-corrected chi connectivity index (χ3v) is 8.56. The summed E-state index contributed by atoms with van der Waals surface area (Å²) in [5.41, 5.74) is 4.79. The molecular weight excluding hydrogens is 622 g/mol. The summed E-state index contributed by atoms with van der Waals surface area (Å²) in [6, 6.07) is 20.8. The maximum atomic E-state index is 14.0. The second-order valence-corrected chi connectivity index (χ2v) is 12.0. The fourth-order valence-electron chi connectivity index (χ4n) is 4.63. The average Bonchev–Trinajstić information content (AvgIpc) is 3.36. The number of halogens is 2. The number of benzene rings is 3. The minimum atomic E-state index is -0.577. The van der Waals surface area contributed by atoms with E-state index in [-0.39, 0.29) is 5.91 Å². The molecule has 1 aliphatic heterocycles. The smallest absolute Gasteiger partial charge is 0.255 e. The van der Waals surface area contributed by atoms with Gasteiger partial charge in [0.25, 0.3) is 5.91 Å². The molecule has 0 aliphatic carbocycles. The van der Waals surface area contributed by atoms with Crippen LogP contribution in [0.1, 0.15) is 49.4 Å². The highest BCUT2D eigenvalue weighted by Gasteiger charge is 2.36. The first-order valence-corrected chi connectivity index (χ1v) is 15.6. The van der Waals surface area contributed by atoms with Gasteiger partial charge < -0.3 is 15.4 Å². The first-order valence-electron chi connectivity index (χ1n) is 13.5. The van der Waals surface area contributed by atoms with Crippen LogP contribution in [0.15, 0.2) is 87.6 Å². The molecule has 5 rings (SSSR count). The van der Waals surface area contributed by atoms with Crippen LogP contribution in [0.3, 0.4) is 0 Å². The van der Waals surface area contributed by atoms with Crippen LogP contribution in [0.25, 0.3) is 0 Å². The molecule has 0 bridgehead atoms. The molecule has 41 heavy (non-hydrogen) atoms. The lowest BCUT2D eigenvalue weighted by Crippen LogP contribution is -2.32. The number of aryl methyl sites for hydroxylation is 1. The van der Waals surface area contributed by atoms with Gasteiger partial charge in [-0.2, -0.15) is 4.98 Å². The highest BCUT2D eigenvalue weighted by atomic mass is 79.9. The van der Waals surface area contributed by atoms with Crippen LogP contribution in [0.5, 0.6) is 5.75 Å². The van der Waals surface area contributed by atoms with Gasteiger partial charge in [0.2, 0.25) is 11.1 Å². The van der Waals surface area contributed by atoms with E-state index in [2.05, 4.69) is 33.5 Å². The van der Waals surface area contributed by atoms with Gasteiger partial charge in [0.1, 0.15) is 11.8 Å². The van der Waals surface area contributed by atoms with E-state index < -0.39 is 6.04 Å². The summed E-state index contributed by atoms with van der Waals surface area (Å²) in [7, 11) is 0. The largest absolute Gasteiger partial charge is 0.493 e. The third-order valence-electron chi connectivity index (χ3n) is 6.81. The van der Waals surface area contributed by atoms with E-state index >= 15 is 0 Å². The van der Waals surface area contributed by atoms with Gasteiger partial charge >= 0.3 is 0 Å². The number of rotatable bonds is 10. The summed E-state index contributed by atoms with van der Waals surface area (Å²) in [6.07, 6.45) is 1.94. The number of ether oxygens (including phenoxy) is 1. The Hall–Kier alpha value is -3.27. The molecule has 10 heteroatoms. The average molecular weight is 653 g/mol. The molecule has 1 amide bonds. The zero-order valence-corrected chi connectivity index (χ0v) is 26.2. The Kier molecular flexibility index (Phi) is 9.37. The van der Waals surface area contributed by atoms with E-state index in [1.807, 2.05) is 80.6 Å². The lowest BCUT2D eigenvalue weighted by molar-refractivity contribution is -0.113. The van der Waals surface area contributed by atoms with Crippen LogP contribution < -0.4 is 15.4 Å². The van der Waals surface area contributed by atoms with E-state index in [0.717, 1.165) is 39.7 Å². The van der Waals surface area contributed by atoms with Gasteiger partial charge in [0, 0.05) is 32.2 Å². The molecule has 0 spiro atoms. The second kappa shape index (κ2) is 13.1. The quantitative estimate of drug-likeness (QED) is 0.132. The van der Waals surface area contributed by atoms with E-state index in [0.29, 0.717) is 45.5 Å². The number of carbonyl (C=O) groups excluding carboxylic acids is 1. The third kappa shape index (κ3) is 6.63. The highest BCUT2D eigenvalue weighted by Crippen LogP contribution is 2.41. The fourth-order valence-corrected chi connectivity index (χ4v) is 6.12. The summed E-state index contributed by atoms with van der Waals surface area (Å²) in [5, 5.41) is 12.6. The van der Waals surface area contributed by atoms with Crippen molar-refractivity contribution in [3.63, 3.8) is 0 Å². The molecule has 3 aromatic carbocycles. The fraction of sp³-hybridized carbons (Fsp3) is 0.258. The number of amides is 1. The SMILES string of the molecule is CCCCOc1ccc(Br)cc1C1C(C(=O)Nc2ccccc2C)=C(C)Nc2nc(SCc3ccccc3Cl)nn21. The molecule has 1 aliphatic rings. The summed E-state index contributed by atoms with van der Waals surface area (Å²) in [4.78, 5) is 18.8. The Balaban J connectivity index is 1.56. The van der Waals surface area contributed by atoms with Crippen molar-refractivity contribution < 1.29 is 9.53 Å². The standard InChI is InChI=1S/C31H31BrClN5O2S/c1-4-5-16-40-26-15-14-22(32)17-23(26)28-27(29(39)35-25-13-9-6-10-19(25)2)20(3)34-30-36-31(37-38(28)30)41-18-21-11-7-8-12-24(21)33/h6-15,17,28H,4-5,16,18H2,1-3H3,(H,35,39)(H,34,36,37). The molecule has 0 radical (unpaired) electrons. The molecule has 1 unspecified atom stereocenters. The number of nitrogens with one attached hydrogen (secondary N) is 2. The molecule has 0 fully saturated rings. The maximum absolute atomic E-state index is 14.0. The Morgan fingerprint density at radius 2 is 1.93 bits per heavy atom. The number of thioether (sulfide) groups is 1. The van der Waals surface area contributed by atoms with E-state index in [1.54, 1.807) is 4.68 Å². The van der Waals surface area contributed by atoms with E-state index in [1.165, 1.54) is 11.8 Å². The van der Waals surface area contributed by atoms with Crippen molar-refractivity contribution in [2.45, 2.75) is 50.6 Å². The van der Waals surface area contributed by atoms with E-state index in [9.17, 15) is 4.79 Å². The van der Waals surface area contributed by atoms with E-state index in [4.69, 9.17) is 26.4 Å². The first kappa shape index (κ1) is 29.2. The highest BCUT2D eigenvalue weighted by molar-refractivity contribution is 9.10. The summed E-state index contributed by atoms with van der Waals surface area (Å²) < 4.78 is 8.91. The van der Waals surface area contributed by atoms with Crippen molar-refractivity contribution in [1.29, 1.82) is 0 Å². The number of hydrogen-bond donors (Lipinski definition) is 2. The van der Waals surface area contributed by atoms with Crippen LogP contribution in [0.2, 0.25) is 5.02 Å². The van der Waals surface area contributed by atoms with Crippen molar-refractivity contribution >= 4 is 56.8 Å². The van der Waals surface area contributed by atoms with Gasteiger partial charge in [-0.25, -0.2) is 4.68 Å². The minimum absolute atomic E-state index is 0.222. The van der Waals surface area contributed by atoms with Crippen LogP contribution in [0.4, 0.5) is 11.6 Å². The van der Waals surface area contributed by atoms with Gasteiger partial charge in [-0.15, -0.1) is 5.10 Å². The molecule has 4 aromatic rings. The predicted molar refractivity (Wildman–Crippen MR) is 170 cm³/mol. The summed E-state index contributed by atoms with van der Waals surface area (Å²) in [5.74, 6) is 1.65. The number of unbranched alkanes of at least 4 members (excludes halogenated alkanes) is 1. The first-order chi connectivity index (χ1) is 19.9. The second-order valence-electron chi connectivity index (χ2n) is 9.76. The zero-order valence-electron chi connectivity index (χ0n) is 23.1. The number of anilines is 2. The van der Waals surface area contributed by atoms with Crippen molar-refractivity contribution in [1.82, 2.24) is 14.8 Å². The Morgan fingerprint density at radius 3 is 2.71 bits per heavy atom. The maximum Gasteiger partial charge on any atom is 0.255 e. The Bertz CT molecular complexity index is 1610. The van der Waals surface area contributed by atoms with Crippen molar-refractivity contribution in [3.8, 4) is 5.75 Å². The van der Waals surface area contributed by atoms with Gasteiger partial charge in [-0.05, 0) is 61.7 Å². The van der Waals surface area contributed by atoms with Crippen LogP contribution in [-0.2, 0) is 10.5 Å². The molecule has 212 valence electrons. The predicted octanol–water partition coefficient (Wildman–Crippen LogP) is 8.40. The normalized spacial score (nSPS) is 14.4. The Labute approximate surface area is 257 Å². The Morgan fingerprint density at radius 1 is 1.15 bits per heavy atom. The number of hydrogen-bond acceptors (Lipinski definition) is 6. The number of para-hydroxylation sites is 1. The zero-order chi connectivity index (χ0) is 28.9. The molecule has 2 N–H and O–H groups in total. The summed E-state index contributed by atoms with van der Waals surface area (Å²) in [6.45, 7) is 6.57. The lowest BCUT2D eigenvalue weighted by atomic mass is 9.94. The van der Waals surface area contributed by atoms with Gasteiger partial charge in [-0.1, -0.05) is 89.0 Å². The number of allylic oxidation sites excluding steroid dienone is 1. The van der Waals surface area contributed by atoms with Crippen LogP contribution >= 0.6 is 39.3 Å². The molecule has 0 saturated heterocycles. The number of carbonyl (C=O) groups is 1.